The second-order valence-corrected chi connectivity index (χ2v) is 4.78. The van der Waals surface area contributed by atoms with E-state index in [1.54, 1.807) is 24.4 Å². The van der Waals surface area contributed by atoms with Crippen molar-refractivity contribution in [3.8, 4) is 11.6 Å². The van der Waals surface area contributed by atoms with Crippen LogP contribution in [0.4, 0.5) is 4.39 Å². The van der Waals surface area contributed by atoms with Crippen molar-refractivity contribution in [3.05, 3.63) is 52.4 Å². The van der Waals surface area contributed by atoms with Gasteiger partial charge in [0.15, 0.2) is 11.6 Å². The fourth-order valence-corrected chi connectivity index (χ4v) is 1.83. The third-order valence-electron chi connectivity index (χ3n) is 2.39. The van der Waals surface area contributed by atoms with Gasteiger partial charge >= 0.3 is 0 Å². The van der Waals surface area contributed by atoms with Crippen LogP contribution >= 0.6 is 15.9 Å². The van der Waals surface area contributed by atoms with Gasteiger partial charge in [0.25, 0.3) is 0 Å². The number of ether oxygens (including phenoxy) is 1. The summed E-state index contributed by atoms with van der Waals surface area (Å²) in [6.07, 6.45) is 1.58. The van der Waals surface area contributed by atoms with E-state index >= 15 is 0 Å². The molecule has 3 nitrogen and oxygen atoms in total. The maximum absolute atomic E-state index is 13.7. The van der Waals surface area contributed by atoms with Gasteiger partial charge in [-0.05, 0) is 31.2 Å². The van der Waals surface area contributed by atoms with Crippen LogP contribution in [0.2, 0.25) is 0 Å². The predicted octanol–water partition coefficient (Wildman–Crippen LogP) is 3.80. The molecule has 0 saturated heterocycles. The monoisotopic (exact) mass is 310 g/mol. The molecule has 0 saturated carbocycles. The Kier molecular flexibility index (Phi) is 3.93. The lowest BCUT2D eigenvalue weighted by atomic mass is 10.1. The molecule has 0 fully saturated rings. The van der Waals surface area contributed by atoms with E-state index in [0.717, 1.165) is 5.56 Å². The molecule has 1 aromatic heterocycles. The molecule has 2 aromatic rings. The highest BCUT2D eigenvalue weighted by atomic mass is 79.9. The summed E-state index contributed by atoms with van der Waals surface area (Å²) in [7, 11) is 0. The van der Waals surface area contributed by atoms with Crippen molar-refractivity contribution in [1.82, 2.24) is 4.98 Å². The van der Waals surface area contributed by atoms with Crippen LogP contribution in [0.1, 0.15) is 18.5 Å². The number of aromatic nitrogens is 1. The Morgan fingerprint density at radius 1 is 1.39 bits per heavy atom. The molecule has 2 N–H and O–H groups in total. The van der Waals surface area contributed by atoms with Crippen LogP contribution in [0.25, 0.3) is 0 Å². The number of hydrogen-bond acceptors (Lipinski definition) is 3. The van der Waals surface area contributed by atoms with Crippen LogP contribution in [0, 0.1) is 5.82 Å². The molecule has 2 rings (SSSR count). The number of pyridine rings is 1. The summed E-state index contributed by atoms with van der Waals surface area (Å²) in [5.74, 6) is -0.00169. The van der Waals surface area contributed by atoms with Crippen molar-refractivity contribution in [1.29, 1.82) is 0 Å². The molecule has 1 atom stereocenters. The highest BCUT2D eigenvalue weighted by Gasteiger charge is 2.12. The summed E-state index contributed by atoms with van der Waals surface area (Å²) in [6.45, 7) is 1.82. The summed E-state index contributed by atoms with van der Waals surface area (Å²) in [6, 6.07) is 7.93. The molecule has 0 amide bonds. The van der Waals surface area contributed by atoms with Gasteiger partial charge in [-0.1, -0.05) is 22.0 Å². The van der Waals surface area contributed by atoms with Crippen molar-refractivity contribution in [2.24, 2.45) is 5.73 Å². The van der Waals surface area contributed by atoms with E-state index in [0.29, 0.717) is 10.4 Å². The Morgan fingerprint density at radius 3 is 2.83 bits per heavy atom. The quantitative estimate of drug-likeness (QED) is 0.938. The van der Waals surface area contributed by atoms with E-state index in [9.17, 15) is 4.39 Å². The molecule has 5 heteroatoms. The predicted molar refractivity (Wildman–Crippen MR) is 71.0 cm³/mol. The Bertz CT molecular complexity index is 560. The molecule has 0 aliphatic heterocycles. The standard InChI is InChI=1S/C13H12BrFN2O/c1-8(16)10-3-2-6-17-13(10)18-12-5-4-9(14)7-11(12)15/h2-8H,16H2,1H3. The first kappa shape index (κ1) is 13.0. The Labute approximate surface area is 113 Å². The Hall–Kier alpha value is -1.46. The zero-order chi connectivity index (χ0) is 13.1. The van der Waals surface area contributed by atoms with Crippen LogP contribution in [-0.4, -0.2) is 4.98 Å². The van der Waals surface area contributed by atoms with Gasteiger partial charge in [0.2, 0.25) is 5.88 Å². The number of benzene rings is 1. The summed E-state index contributed by atoms with van der Waals surface area (Å²) in [4.78, 5) is 4.08. The van der Waals surface area contributed by atoms with Crippen LogP contribution in [-0.2, 0) is 0 Å². The minimum atomic E-state index is -0.453. The third-order valence-corrected chi connectivity index (χ3v) is 2.88. The first-order chi connectivity index (χ1) is 8.58. The van der Waals surface area contributed by atoms with Gasteiger partial charge in [-0.25, -0.2) is 9.37 Å². The third kappa shape index (κ3) is 2.86. The number of nitrogens with two attached hydrogens (primary N) is 1. The molecule has 1 aromatic carbocycles. The zero-order valence-corrected chi connectivity index (χ0v) is 11.3. The van der Waals surface area contributed by atoms with Crippen LogP contribution in [0.5, 0.6) is 11.6 Å². The van der Waals surface area contributed by atoms with Crippen molar-refractivity contribution in [3.63, 3.8) is 0 Å². The van der Waals surface area contributed by atoms with Crippen LogP contribution in [0.15, 0.2) is 41.0 Å². The van der Waals surface area contributed by atoms with Gasteiger partial charge in [-0.2, -0.15) is 0 Å². The lowest BCUT2D eigenvalue weighted by molar-refractivity contribution is 0.419. The molecular formula is C13H12BrFN2O. The zero-order valence-electron chi connectivity index (χ0n) is 9.73. The van der Waals surface area contributed by atoms with Crippen molar-refractivity contribution in [2.45, 2.75) is 13.0 Å². The largest absolute Gasteiger partial charge is 0.436 e. The SMILES string of the molecule is CC(N)c1cccnc1Oc1ccc(Br)cc1F. The van der Waals surface area contributed by atoms with Crippen molar-refractivity contribution < 1.29 is 9.13 Å². The number of hydrogen-bond donors (Lipinski definition) is 1. The van der Waals surface area contributed by atoms with Gasteiger partial charge in [-0.15, -0.1) is 0 Å². The first-order valence-corrected chi connectivity index (χ1v) is 6.20. The minimum Gasteiger partial charge on any atom is -0.436 e. The van der Waals surface area contributed by atoms with E-state index in [-0.39, 0.29) is 11.8 Å². The normalized spacial score (nSPS) is 12.2. The summed E-state index contributed by atoms with van der Waals surface area (Å²) in [5.41, 5.74) is 6.55. The fourth-order valence-electron chi connectivity index (χ4n) is 1.50. The van der Waals surface area contributed by atoms with E-state index in [1.165, 1.54) is 6.07 Å². The van der Waals surface area contributed by atoms with Gasteiger partial charge in [-0.3, -0.25) is 0 Å². The lowest BCUT2D eigenvalue weighted by Crippen LogP contribution is -2.07. The molecule has 94 valence electrons. The summed E-state index contributed by atoms with van der Waals surface area (Å²) >= 11 is 3.19. The van der Waals surface area contributed by atoms with E-state index in [2.05, 4.69) is 20.9 Å². The maximum atomic E-state index is 13.7. The van der Waals surface area contributed by atoms with Gasteiger partial charge in [0.05, 0.1) is 0 Å². The second-order valence-electron chi connectivity index (χ2n) is 3.86. The molecule has 18 heavy (non-hydrogen) atoms. The molecule has 0 radical (unpaired) electrons. The van der Waals surface area contributed by atoms with Crippen molar-refractivity contribution in [2.75, 3.05) is 0 Å². The Morgan fingerprint density at radius 2 is 2.17 bits per heavy atom. The second kappa shape index (κ2) is 5.46. The van der Waals surface area contributed by atoms with E-state index in [4.69, 9.17) is 10.5 Å². The maximum Gasteiger partial charge on any atom is 0.224 e. The molecule has 0 aliphatic rings. The molecule has 1 heterocycles. The van der Waals surface area contributed by atoms with Crippen LogP contribution < -0.4 is 10.5 Å². The molecule has 1 unspecified atom stereocenters. The van der Waals surface area contributed by atoms with Gasteiger partial charge in [0, 0.05) is 22.3 Å². The first-order valence-electron chi connectivity index (χ1n) is 5.41. The van der Waals surface area contributed by atoms with Gasteiger partial charge in [0.1, 0.15) is 0 Å². The smallest absolute Gasteiger partial charge is 0.224 e. The number of halogens is 2. The summed E-state index contributed by atoms with van der Waals surface area (Å²) in [5, 5.41) is 0. The summed E-state index contributed by atoms with van der Waals surface area (Å²) < 4.78 is 19.8. The van der Waals surface area contributed by atoms with Crippen molar-refractivity contribution >= 4 is 15.9 Å². The molecule has 0 aliphatic carbocycles. The van der Waals surface area contributed by atoms with E-state index in [1.807, 2.05) is 13.0 Å². The average molecular weight is 311 g/mol. The fraction of sp³-hybridized carbons (Fsp3) is 0.154. The highest BCUT2D eigenvalue weighted by molar-refractivity contribution is 9.10. The number of rotatable bonds is 3. The molecule has 0 spiro atoms. The highest BCUT2D eigenvalue weighted by Crippen LogP contribution is 2.29. The average Bonchev–Trinajstić information content (AvgIpc) is 2.33. The molecular weight excluding hydrogens is 299 g/mol. The Balaban J connectivity index is 2.34. The number of nitrogens with zero attached hydrogens (tertiary/aromatic N) is 1. The molecule has 0 bridgehead atoms. The van der Waals surface area contributed by atoms with Crippen LogP contribution in [0.3, 0.4) is 0 Å². The minimum absolute atomic E-state index is 0.124. The topological polar surface area (TPSA) is 48.1 Å². The van der Waals surface area contributed by atoms with Gasteiger partial charge < -0.3 is 10.5 Å². The lowest BCUT2D eigenvalue weighted by Gasteiger charge is -2.12. The van der Waals surface area contributed by atoms with E-state index < -0.39 is 5.82 Å².